The zero-order valence-corrected chi connectivity index (χ0v) is 15.7. The van der Waals surface area contributed by atoms with Gasteiger partial charge in [-0.05, 0) is 12.1 Å². The van der Waals surface area contributed by atoms with Gasteiger partial charge in [-0.3, -0.25) is 4.79 Å². The van der Waals surface area contributed by atoms with Crippen molar-refractivity contribution >= 4 is 17.2 Å². The fraction of sp³-hybridized carbons (Fsp3) is 0.0909. The first-order valence-corrected chi connectivity index (χ1v) is 9.65. The number of aromatic nitrogens is 1. The van der Waals surface area contributed by atoms with Crippen LogP contribution in [0.4, 0.5) is 0 Å². The first-order chi connectivity index (χ1) is 13.7. The lowest BCUT2D eigenvalue weighted by atomic mass is 10.1. The van der Waals surface area contributed by atoms with Gasteiger partial charge in [-0.15, -0.1) is 11.3 Å². The summed E-state index contributed by atoms with van der Waals surface area (Å²) in [6.07, 6.45) is 0.587. The number of nitrogens with zero attached hydrogens (tertiary/aromatic N) is 1. The van der Waals surface area contributed by atoms with Gasteiger partial charge in [-0.2, -0.15) is 0 Å². The maximum Gasteiger partial charge on any atom is 0.263 e. The van der Waals surface area contributed by atoms with Gasteiger partial charge in [-0.1, -0.05) is 60.7 Å². The van der Waals surface area contributed by atoms with Gasteiger partial charge in [0.25, 0.3) is 5.91 Å². The fourth-order valence-electron chi connectivity index (χ4n) is 2.82. The van der Waals surface area contributed by atoms with Crippen molar-refractivity contribution in [3.63, 3.8) is 0 Å². The molecule has 0 aliphatic rings. The van der Waals surface area contributed by atoms with Gasteiger partial charge in [0.1, 0.15) is 21.7 Å². The Balaban J connectivity index is 1.63. The summed E-state index contributed by atoms with van der Waals surface area (Å²) < 4.78 is 5.18. The zero-order valence-electron chi connectivity index (χ0n) is 14.9. The third kappa shape index (κ3) is 3.88. The fourth-order valence-corrected chi connectivity index (χ4v) is 3.83. The summed E-state index contributed by atoms with van der Waals surface area (Å²) in [4.78, 5) is 18.1. The van der Waals surface area contributed by atoms with E-state index in [1.165, 1.54) is 17.6 Å². The molecule has 0 fully saturated rings. The van der Waals surface area contributed by atoms with E-state index in [1.54, 1.807) is 12.1 Å². The summed E-state index contributed by atoms with van der Waals surface area (Å²) in [5.74, 6) is 0.141. The van der Waals surface area contributed by atoms with Crippen molar-refractivity contribution in [2.75, 3.05) is 6.54 Å². The standard InChI is InChI=1S/C22H18N2O3S/c25-17(18-12-7-13-27-18)14-23-21(26)20-19(15-8-3-1-4-9-15)24-22(28-20)16-10-5-2-6-11-16/h1-13,17,25H,14H2,(H,23,26). The predicted octanol–water partition coefficient (Wildman–Crippen LogP) is 4.53. The van der Waals surface area contributed by atoms with E-state index in [-0.39, 0.29) is 12.5 Å². The van der Waals surface area contributed by atoms with E-state index < -0.39 is 6.10 Å². The van der Waals surface area contributed by atoms with Gasteiger partial charge < -0.3 is 14.8 Å². The number of carbonyl (C=O) groups is 1. The molecule has 1 unspecified atom stereocenters. The van der Waals surface area contributed by atoms with E-state index in [9.17, 15) is 9.90 Å². The van der Waals surface area contributed by atoms with E-state index in [2.05, 4.69) is 5.32 Å². The quantitative estimate of drug-likeness (QED) is 0.507. The Bertz CT molecular complexity index is 1040. The molecule has 2 N–H and O–H groups in total. The molecule has 1 atom stereocenters. The van der Waals surface area contributed by atoms with E-state index in [0.717, 1.165) is 16.1 Å². The Morgan fingerprint density at radius 3 is 2.32 bits per heavy atom. The number of hydrogen-bond acceptors (Lipinski definition) is 5. The monoisotopic (exact) mass is 390 g/mol. The number of thiazole rings is 1. The molecule has 2 aromatic heterocycles. The van der Waals surface area contributed by atoms with Crippen LogP contribution in [-0.2, 0) is 0 Å². The molecule has 0 saturated heterocycles. The van der Waals surface area contributed by atoms with Gasteiger partial charge in [0.2, 0.25) is 0 Å². The number of carbonyl (C=O) groups excluding carboxylic acids is 1. The average molecular weight is 390 g/mol. The number of aliphatic hydroxyl groups excluding tert-OH is 1. The number of amides is 1. The van der Waals surface area contributed by atoms with Crippen molar-refractivity contribution < 1.29 is 14.3 Å². The van der Waals surface area contributed by atoms with Gasteiger partial charge in [-0.25, -0.2) is 4.98 Å². The lowest BCUT2D eigenvalue weighted by Crippen LogP contribution is -2.28. The summed E-state index contributed by atoms with van der Waals surface area (Å²) in [7, 11) is 0. The van der Waals surface area contributed by atoms with Crippen LogP contribution in [0.25, 0.3) is 21.8 Å². The van der Waals surface area contributed by atoms with Crippen molar-refractivity contribution in [1.82, 2.24) is 10.3 Å². The number of rotatable bonds is 6. The van der Waals surface area contributed by atoms with Crippen molar-refractivity contribution in [3.05, 3.63) is 89.7 Å². The number of hydrogen-bond donors (Lipinski definition) is 2. The van der Waals surface area contributed by atoms with Crippen molar-refractivity contribution in [2.24, 2.45) is 0 Å². The topological polar surface area (TPSA) is 75.4 Å². The molecule has 5 nitrogen and oxygen atoms in total. The first kappa shape index (κ1) is 18.2. The van der Waals surface area contributed by atoms with Crippen LogP contribution in [0, 0.1) is 0 Å². The Kier molecular flexibility index (Phi) is 5.32. The molecule has 0 aliphatic heterocycles. The maximum atomic E-state index is 12.9. The normalized spacial score (nSPS) is 11.9. The summed E-state index contributed by atoms with van der Waals surface area (Å²) in [6, 6.07) is 22.7. The van der Waals surface area contributed by atoms with Crippen LogP contribution in [0.1, 0.15) is 21.5 Å². The van der Waals surface area contributed by atoms with E-state index >= 15 is 0 Å². The third-order valence-corrected chi connectivity index (χ3v) is 5.33. The minimum absolute atomic E-state index is 0.0547. The lowest BCUT2D eigenvalue weighted by Gasteiger charge is -2.09. The summed E-state index contributed by atoms with van der Waals surface area (Å²) in [5.41, 5.74) is 2.46. The second-order valence-electron chi connectivity index (χ2n) is 6.17. The number of nitrogens with one attached hydrogen (secondary N) is 1. The molecule has 0 spiro atoms. The van der Waals surface area contributed by atoms with Gasteiger partial charge in [0, 0.05) is 11.1 Å². The summed E-state index contributed by atoms with van der Waals surface area (Å²) in [6.45, 7) is 0.0547. The molecular formula is C22H18N2O3S. The molecule has 28 heavy (non-hydrogen) atoms. The van der Waals surface area contributed by atoms with Gasteiger partial charge in [0.05, 0.1) is 18.5 Å². The Morgan fingerprint density at radius 1 is 1.00 bits per heavy atom. The molecule has 0 bridgehead atoms. The smallest absolute Gasteiger partial charge is 0.263 e. The molecule has 1 amide bonds. The molecule has 4 aromatic rings. The molecular weight excluding hydrogens is 372 g/mol. The van der Waals surface area contributed by atoms with Crippen LogP contribution < -0.4 is 5.32 Å². The molecule has 2 heterocycles. The van der Waals surface area contributed by atoms with Crippen LogP contribution in [0.5, 0.6) is 0 Å². The molecule has 6 heteroatoms. The van der Waals surface area contributed by atoms with Crippen molar-refractivity contribution in [1.29, 1.82) is 0 Å². The molecule has 0 radical (unpaired) electrons. The molecule has 4 rings (SSSR count). The highest BCUT2D eigenvalue weighted by molar-refractivity contribution is 7.17. The second-order valence-corrected chi connectivity index (χ2v) is 7.17. The lowest BCUT2D eigenvalue weighted by molar-refractivity contribution is 0.0905. The Labute approximate surface area is 166 Å². The van der Waals surface area contributed by atoms with Crippen LogP contribution in [-0.4, -0.2) is 22.5 Å². The maximum absolute atomic E-state index is 12.9. The minimum atomic E-state index is -0.902. The second kappa shape index (κ2) is 8.21. The first-order valence-electron chi connectivity index (χ1n) is 8.83. The van der Waals surface area contributed by atoms with E-state index in [0.29, 0.717) is 16.3 Å². The number of furan rings is 1. The highest BCUT2D eigenvalue weighted by atomic mass is 32.1. The van der Waals surface area contributed by atoms with Gasteiger partial charge in [0.15, 0.2) is 0 Å². The van der Waals surface area contributed by atoms with Crippen LogP contribution >= 0.6 is 11.3 Å². The van der Waals surface area contributed by atoms with Crippen LogP contribution in [0.2, 0.25) is 0 Å². The third-order valence-electron chi connectivity index (χ3n) is 4.23. The zero-order chi connectivity index (χ0) is 19.3. The molecule has 2 aromatic carbocycles. The molecule has 140 valence electrons. The Hall–Kier alpha value is -3.22. The molecule has 0 saturated carbocycles. The van der Waals surface area contributed by atoms with E-state index in [4.69, 9.17) is 9.40 Å². The van der Waals surface area contributed by atoms with Crippen molar-refractivity contribution in [2.45, 2.75) is 6.10 Å². The molecule has 0 aliphatic carbocycles. The predicted molar refractivity (Wildman–Crippen MR) is 109 cm³/mol. The van der Waals surface area contributed by atoms with Crippen LogP contribution in [0.15, 0.2) is 83.5 Å². The largest absolute Gasteiger partial charge is 0.467 e. The minimum Gasteiger partial charge on any atom is -0.467 e. The number of benzene rings is 2. The van der Waals surface area contributed by atoms with Crippen molar-refractivity contribution in [3.8, 4) is 21.8 Å². The Morgan fingerprint density at radius 2 is 1.68 bits per heavy atom. The average Bonchev–Trinajstić information content (AvgIpc) is 3.43. The van der Waals surface area contributed by atoms with Crippen LogP contribution in [0.3, 0.4) is 0 Å². The number of aliphatic hydroxyl groups is 1. The summed E-state index contributed by atoms with van der Waals surface area (Å²) in [5, 5.41) is 13.7. The SMILES string of the molecule is O=C(NCC(O)c1ccco1)c1sc(-c2ccccc2)nc1-c1ccccc1. The van der Waals surface area contributed by atoms with Gasteiger partial charge >= 0.3 is 0 Å². The highest BCUT2D eigenvalue weighted by Crippen LogP contribution is 2.33. The summed E-state index contributed by atoms with van der Waals surface area (Å²) >= 11 is 1.34. The van der Waals surface area contributed by atoms with E-state index in [1.807, 2.05) is 60.7 Å². The highest BCUT2D eigenvalue weighted by Gasteiger charge is 2.21.